The van der Waals surface area contributed by atoms with Gasteiger partial charge in [0.25, 0.3) is 10.0 Å². The zero-order valence-electron chi connectivity index (χ0n) is 15.2. The Morgan fingerprint density at radius 2 is 1.96 bits per heavy atom. The van der Waals surface area contributed by atoms with E-state index in [1.807, 2.05) is 12.1 Å². The van der Waals surface area contributed by atoms with Crippen LogP contribution in [0.2, 0.25) is 0 Å². The second-order valence-corrected chi connectivity index (χ2v) is 8.72. The first kappa shape index (κ1) is 18.5. The van der Waals surface area contributed by atoms with Crippen LogP contribution in [0.4, 0.5) is 5.69 Å². The van der Waals surface area contributed by atoms with Gasteiger partial charge in [-0.2, -0.15) is 0 Å². The predicted octanol–water partition coefficient (Wildman–Crippen LogP) is 2.30. The first-order valence-electron chi connectivity index (χ1n) is 8.98. The van der Waals surface area contributed by atoms with Crippen LogP contribution >= 0.6 is 0 Å². The maximum atomic E-state index is 13.1. The topological polar surface area (TPSA) is 90.0 Å². The van der Waals surface area contributed by atoms with E-state index in [1.165, 1.54) is 28.6 Å². The van der Waals surface area contributed by atoms with Crippen LogP contribution in [0.5, 0.6) is 0 Å². The Morgan fingerprint density at radius 1 is 1.18 bits per heavy atom. The highest BCUT2D eigenvalue weighted by Gasteiger charge is 2.36. The fourth-order valence-electron chi connectivity index (χ4n) is 3.48. The van der Waals surface area contributed by atoms with Crippen molar-refractivity contribution in [3.05, 3.63) is 59.7 Å². The normalized spacial score (nSPS) is 21.3. The quantitative estimate of drug-likeness (QED) is 0.731. The Labute approximate surface area is 162 Å². The molecule has 7 nitrogen and oxygen atoms in total. The van der Waals surface area contributed by atoms with Gasteiger partial charge in [0, 0.05) is 13.0 Å². The van der Waals surface area contributed by atoms with E-state index in [0.29, 0.717) is 18.7 Å². The molecule has 2 heterocycles. The van der Waals surface area contributed by atoms with Crippen LogP contribution in [0.25, 0.3) is 0 Å². The van der Waals surface area contributed by atoms with Crippen molar-refractivity contribution >= 4 is 27.6 Å². The number of anilines is 1. The van der Waals surface area contributed by atoms with Crippen LogP contribution < -0.4 is 4.31 Å². The van der Waals surface area contributed by atoms with Gasteiger partial charge in [-0.3, -0.25) is 4.31 Å². The number of benzene rings is 2. The molecule has 0 aromatic heterocycles. The molecule has 0 radical (unpaired) electrons. The third-order valence-electron chi connectivity index (χ3n) is 4.88. The number of carbonyl (C=O) groups excluding carboxylic acids is 2. The highest BCUT2D eigenvalue weighted by molar-refractivity contribution is 7.92. The number of cyclic esters (lactones) is 1. The maximum Gasteiger partial charge on any atom is 0.347 e. The first-order valence-corrected chi connectivity index (χ1v) is 10.4. The summed E-state index contributed by atoms with van der Waals surface area (Å²) in [5, 5.41) is 0. The second-order valence-electron chi connectivity index (χ2n) is 6.86. The number of sulfonamides is 1. The third-order valence-corrected chi connectivity index (χ3v) is 6.69. The van der Waals surface area contributed by atoms with Gasteiger partial charge >= 0.3 is 11.9 Å². The molecular weight excluding hydrogens is 382 g/mol. The Morgan fingerprint density at radius 3 is 2.71 bits per heavy atom. The standard InChI is InChI=1S/C20H19NO6S/c1-13-11-18(20(23)26-13)27-19(22)15-6-4-7-16(12-15)28(24,25)21-10-9-14-5-2-3-8-17(14)21/h2-8,12-13,18H,9-11H2,1H3/t13-,18+/m1/s1. The summed E-state index contributed by atoms with van der Waals surface area (Å²) >= 11 is 0. The first-order chi connectivity index (χ1) is 13.4. The van der Waals surface area contributed by atoms with Crippen molar-refractivity contribution in [1.29, 1.82) is 0 Å². The lowest BCUT2D eigenvalue weighted by molar-refractivity contribution is -0.147. The van der Waals surface area contributed by atoms with Crippen molar-refractivity contribution in [2.75, 3.05) is 10.8 Å². The van der Waals surface area contributed by atoms with E-state index in [9.17, 15) is 18.0 Å². The van der Waals surface area contributed by atoms with E-state index in [1.54, 1.807) is 19.1 Å². The molecule has 28 heavy (non-hydrogen) atoms. The van der Waals surface area contributed by atoms with Gasteiger partial charge in [-0.25, -0.2) is 18.0 Å². The van der Waals surface area contributed by atoms with Gasteiger partial charge in [0.05, 0.1) is 16.1 Å². The Hall–Kier alpha value is -2.87. The molecule has 0 saturated carbocycles. The predicted molar refractivity (Wildman–Crippen MR) is 100 cm³/mol. The average Bonchev–Trinajstić information content (AvgIpc) is 3.25. The molecule has 0 aliphatic carbocycles. The van der Waals surface area contributed by atoms with Crippen molar-refractivity contribution in [3.8, 4) is 0 Å². The van der Waals surface area contributed by atoms with E-state index < -0.39 is 28.1 Å². The lowest BCUT2D eigenvalue weighted by Gasteiger charge is -2.20. The molecule has 1 fully saturated rings. The average molecular weight is 401 g/mol. The molecule has 4 rings (SSSR count). The number of hydrogen-bond acceptors (Lipinski definition) is 6. The van der Waals surface area contributed by atoms with Gasteiger partial charge in [0.2, 0.25) is 6.10 Å². The summed E-state index contributed by atoms with van der Waals surface area (Å²) in [6.45, 7) is 2.06. The monoisotopic (exact) mass is 401 g/mol. The Balaban J connectivity index is 1.58. The molecule has 2 atom stereocenters. The summed E-state index contributed by atoms with van der Waals surface area (Å²) in [6, 6.07) is 13.0. The van der Waals surface area contributed by atoms with Crippen LogP contribution in [0, 0.1) is 0 Å². The highest BCUT2D eigenvalue weighted by atomic mass is 32.2. The van der Waals surface area contributed by atoms with Gasteiger partial charge in [-0.15, -0.1) is 0 Å². The number of rotatable bonds is 4. The van der Waals surface area contributed by atoms with Gasteiger partial charge in [-0.05, 0) is 43.2 Å². The summed E-state index contributed by atoms with van der Waals surface area (Å²) in [5.74, 6) is -1.34. The van der Waals surface area contributed by atoms with E-state index in [0.717, 1.165) is 5.56 Å². The van der Waals surface area contributed by atoms with E-state index in [4.69, 9.17) is 9.47 Å². The number of hydrogen-bond donors (Lipinski definition) is 0. The lowest BCUT2D eigenvalue weighted by Crippen LogP contribution is -2.29. The van der Waals surface area contributed by atoms with Gasteiger partial charge in [0.15, 0.2) is 0 Å². The van der Waals surface area contributed by atoms with Crippen molar-refractivity contribution in [1.82, 2.24) is 0 Å². The molecule has 2 aromatic rings. The van der Waals surface area contributed by atoms with Gasteiger partial charge in [0.1, 0.15) is 6.10 Å². The SMILES string of the molecule is C[C@@H]1C[C@H](OC(=O)c2cccc(S(=O)(=O)N3CCc4ccccc43)c2)C(=O)O1. The number of ether oxygens (including phenoxy) is 2. The fourth-order valence-corrected chi connectivity index (χ4v) is 5.03. The number of esters is 2. The van der Waals surface area contributed by atoms with Crippen molar-refractivity contribution in [3.63, 3.8) is 0 Å². The largest absolute Gasteiger partial charge is 0.460 e. The summed E-state index contributed by atoms with van der Waals surface area (Å²) in [6.07, 6.45) is -0.354. The van der Waals surface area contributed by atoms with Crippen molar-refractivity contribution in [2.45, 2.75) is 36.9 Å². The molecule has 146 valence electrons. The smallest absolute Gasteiger partial charge is 0.347 e. The zero-order chi connectivity index (χ0) is 19.9. The van der Waals surface area contributed by atoms with E-state index in [-0.39, 0.29) is 23.0 Å². The summed E-state index contributed by atoms with van der Waals surface area (Å²) in [4.78, 5) is 24.1. The molecule has 0 bridgehead atoms. The van der Waals surface area contributed by atoms with Crippen LogP contribution in [-0.4, -0.2) is 39.1 Å². The summed E-state index contributed by atoms with van der Waals surface area (Å²) < 4.78 is 37.8. The van der Waals surface area contributed by atoms with Crippen LogP contribution in [0.15, 0.2) is 53.4 Å². The van der Waals surface area contributed by atoms with Gasteiger partial charge in [-0.1, -0.05) is 24.3 Å². The fraction of sp³-hybridized carbons (Fsp3) is 0.300. The molecule has 0 spiro atoms. The molecule has 2 aromatic carbocycles. The molecular formula is C20H19NO6S. The van der Waals surface area contributed by atoms with E-state index in [2.05, 4.69) is 0 Å². The molecule has 0 amide bonds. The highest BCUT2D eigenvalue weighted by Crippen LogP contribution is 2.33. The summed E-state index contributed by atoms with van der Waals surface area (Å²) in [5.41, 5.74) is 1.69. The Kier molecular flexibility index (Phi) is 4.58. The second kappa shape index (κ2) is 6.94. The number of para-hydroxylation sites is 1. The lowest BCUT2D eigenvalue weighted by atomic mass is 10.2. The van der Waals surface area contributed by atoms with Crippen LogP contribution in [0.3, 0.4) is 0 Å². The third kappa shape index (κ3) is 3.24. The maximum absolute atomic E-state index is 13.1. The molecule has 2 aliphatic rings. The van der Waals surface area contributed by atoms with Crippen LogP contribution in [-0.2, 0) is 30.7 Å². The van der Waals surface area contributed by atoms with E-state index >= 15 is 0 Å². The minimum absolute atomic E-state index is 0.000944. The molecule has 0 unspecified atom stereocenters. The van der Waals surface area contributed by atoms with Crippen molar-refractivity contribution < 1.29 is 27.5 Å². The minimum Gasteiger partial charge on any atom is -0.460 e. The van der Waals surface area contributed by atoms with Crippen molar-refractivity contribution in [2.24, 2.45) is 0 Å². The van der Waals surface area contributed by atoms with Crippen LogP contribution in [0.1, 0.15) is 29.3 Å². The molecule has 0 N–H and O–H groups in total. The molecule has 2 aliphatic heterocycles. The number of nitrogens with zero attached hydrogens (tertiary/aromatic N) is 1. The number of carbonyl (C=O) groups is 2. The van der Waals surface area contributed by atoms with Gasteiger partial charge < -0.3 is 9.47 Å². The molecule has 1 saturated heterocycles. The zero-order valence-corrected chi connectivity index (χ0v) is 16.0. The minimum atomic E-state index is -3.82. The Bertz CT molecular complexity index is 1050. The summed E-state index contributed by atoms with van der Waals surface area (Å²) in [7, 11) is -3.82. The molecule has 8 heteroatoms. The number of fused-ring (bicyclic) bond motifs is 1.